The molecule has 4 aromatic rings. The van der Waals surface area contributed by atoms with E-state index in [1.54, 1.807) is 11.1 Å². The molecule has 0 fully saturated rings. The molecule has 32 heavy (non-hydrogen) atoms. The van der Waals surface area contributed by atoms with E-state index >= 15 is 0 Å². The lowest BCUT2D eigenvalue weighted by molar-refractivity contribution is 0.0773. The molecule has 0 unspecified atom stereocenters. The number of aryl methyl sites for hydroxylation is 1. The van der Waals surface area contributed by atoms with Crippen molar-refractivity contribution >= 4 is 28.3 Å². The van der Waals surface area contributed by atoms with Crippen molar-refractivity contribution in [3.05, 3.63) is 84.2 Å². The molecule has 0 saturated carbocycles. The predicted molar refractivity (Wildman–Crippen MR) is 128 cm³/mol. The van der Waals surface area contributed by atoms with E-state index in [1.807, 2.05) is 87.5 Å². The molecule has 6 heteroatoms. The van der Waals surface area contributed by atoms with Crippen LogP contribution in [0.5, 0.6) is 11.5 Å². The third-order valence-corrected chi connectivity index (χ3v) is 5.25. The third kappa shape index (κ3) is 4.54. The molecule has 2 aromatic heterocycles. The zero-order valence-corrected chi connectivity index (χ0v) is 18.5. The SMILES string of the molecule is CCN(CC)C(=O)c1cnc2nc(C)ccc2c1Nc1ccc(Oc2ccccc2)cc1. The molecular formula is C26H26N4O2. The second kappa shape index (κ2) is 9.47. The van der Waals surface area contributed by atoms with E-state index in [4.69, 9.17) is 4.74 Å². The van der Waals surface area contributed by atoms with Crippen molar-refractivity contribution in [1.29, 1.82) is 0 Å². The van der Waals surface area contributed by atoms with Crippen molar-refractivity contribution in [2.45, 2.75) is 20.8 Å². The Balaban J connectivity index is 1.69. The first-order chi connectivity index (χ1) is 15.6. The molecule has 2 aromatic carbocycles. The van der Waals surface area contributed by atoms with Crippen molar-refractivity contribution in [2.75, 3.05) is 18.4 Å². The van der Waals surface area contributed by atoms with E-state index in [-0.39, 0.29) is 5.91 Å². The zero-order valence-electron chi connectivity index (χ0n) is 18.5. The monoisotopic (exact) mass is 426 g/mol. The van der Waals surface area contributed by atoms with E-state index in [9.17, 15) is 4.79 Å². The molecule has 1 amide bonds. The van der Waals surface area contributed by atoms with Crippen LogP contribution in [0.2, 0.25) is 0 Å². The van der Waals surface area contributed by atoms with Gasteiger partial charge in [0.25, 0.3) is 5.91 Å². The number of benzene rings is 2. The Morgan fingerprint density at radius 1 is 0.938 bits per heavy atom. The minimum absolute atomic E-state index is 0.0588. The van der Waals surface area contributed by atoms with Crippen LogP contribution in [-0.4, -0.2) is 33.9 Å². The molecule has 0 saturated heterocycles. The van der Waals surface area contributed by atoms with Crippen LogP contribution in [0.3, 0.4) is 0 Å². The number of rotatable bonds is 7. The van der Waals surface area contributed by atoms with Gasteiger partial charge in [-0.3, -0.25) is 4.79 Å². The Bertz CT molecular complexity index is 1220. The Hall–Kier alpha value is -3.93. The van der Waals surface area contributed by atoms with Gasteiger partial charge in [0, 0.05) is 36.1 Å². The van der Waals surface area contributed by atoms with Gasteiger partial charge in [0.05, 0.1) is 11.3 Å². The summed E-state index contributed by atoms with van der Waals surface area (Å²) < 4.78 is 5.88. The molecular weight excluding hydrogens is 400 g/mol. The first-order valence-corrected chi connectivity index (χ1v) is 10.7. The number of nitrogens with one attached hydrogen (secondary N) is 1. The highest BCUT2D eigenvalue weighted by molar-refractivity contribution is 6.07. The topological polar surface area (TPSA) is 67.4 Å². The number of carbonyl (C=O) groups is 1. The Labute approximate surface area is 187 Å². The number of carbonyl (C=O) groups excluding carboxylic acids is 1. The molecule has 0 aliphatic rings. The molecule has 0 atom stereocenters. The maximum atomic E-state index is 13.2. The quantitative estimate of drug-likeness (QED) is 0.395. The van der Waals surface area contributed by atoms with Crippen LogP contribution in [0.25, 0.3) is 11.0 Å². The molecule has 162 valence electrons. The van der Waals surface area contributed by atoms with Gasteiger partial charge in [-0.1, -0.05) is 18.2 Å². The smallest absolute Gasteiger partial charge is 0.257 e. The Morgan fingerprint density at radius 3 is 2.31 bits per heavy atom. The lowest BCUT2D eigenvalue weighted by Gasteiger charge is -2.21. The van der Waals surface area contributed by atoms with Gasteiger partial charge in [-0.15, -0.1) is 0 Å². The molecule has 0 spiro atoms. The highest BCUT2D eigenvalue weighted by Crippen LogP contribution is 2.31. The second-order valence-corrected chi connectivity index (χ2v) is 7.41. The van der Waals surface area contributed by atoms with Crippen LogP contribution in [0.4, 0.5) is 11.4 Å². The summed E-state index contributed by atoms with van der Waals surface area (Å²) >= 11 is 0. The fraction of sp³-hybridized carbons (Fsp3) is 0.192. The van der Waals surface area contributed by atoms with Crippen LogP contribution < -0.4 is 10.1 Å². The predicted octanol–water partition coefficient (Wildman–Crippen LogP) is 5.96. The van der Waals surface area contributed by atoms with Crippen LogP contribution in [0.15, 0.2) is 72.9 Å². The van der Waals surface area contributed by atoms with E-state index < -0.39 is 0 Å². The number of nitrogens with zero attached hydrogens (tertiary/aromatic N) is 3. The normalized spacial score (nSPS) is 10.7. The summed E-state index contributed by atoms with van der Waals surface area (Å²) in [6.07, 6.45) is 1.62. The Morgan fingerprint density at radius 2 is 1.62 bits per heavy atom. The number of hydrogen-bond acceptors (Lipinski definition) is 5. The van der Waals surface area contributed by atoms with E-state index in [2.05, 4.69) is 15.3 Å². The van der Waals surface area contributed by atoms with Crippen molar-refractivity contribution < 1.29 is 9.53 Å². The Kier molecular flexibility index (Phi) is 6.31. The summed E-state index contributed by atoms with van der Waals surface area (Å²) in [7, 11) is 0. The molecule has 0 aliphatic carbocycles. The van der Waals surface area contributed by atoms with Crippen LogP contribution >= 0.6 is 0 Å². The molecule has 1 N–H and O–H groups in total. The van der Waals surface area contributed by atoms with E-state index in [0.29, 0.717) is 30.0 Å². The summed E-state index contributed by atoms with van der Waals surface area (Å²) in [6.45, 7) is 7.13. The highest BCUT2D eigenvalue weighted by atomic mass is 16.5. The van der Waals surface area contributed by atoms with Gasteiger partial charge in [-0.05, 0) is 69.3 Å². The number of hydrogen-bond donors (Lipinski definition) is 1. The molecule has 0 radical (unpaired) electrons. The van der Waals surface area contributed by atoms with E-state index in [1.165, 1.54) is 0 Å². The number of amides is 1. The zero-order chi connectivity index (χ0) is 22.5. The molecule has 2 heterocycles. The van der Waals surface area contributed by atoms with Gasteiger partial charge in [0.15, 0.2) is 5.65 Å². The number of ether oxygens (including phenoxy) is 1. The molecule has 0 bridgehead atoms. The molecule has 0 aliphatic heterocycles. The summed E-state index contributed by atoms with van der Waals surface area (Å²) in [5.74, 6) is 1.46. The van der Waals surface area contributed by atoms with Crippen molar-refractivity contribution in [3.63, 3.8) is 0 Å². The highest BCUT2D eigenvalue weighted by Gasteiger charge is 2.20. The van der Waals surface area contributed by atoms with Gasteiger partial charge in [-0.25, -0.2) is 9.97 Å². The number of pyridine rings is 2. The van der Waals surface area contributed by atoms with Crippen molar-refractivity contribution in [2.24, 2.45) is 0 Å². The lowest BCUT2D eigenvalue weighted by Crippen LogP contribution is -2.31. The average Bonchev–Trinajstić information content (AvgIpc) is 2.81. The lowest BCUT2D eigenvalue weighted by atomic mass is 10.1. The maximum Gasteiger partial charge on any atom is 0.257 e. The summed E-state index contributed by atoms with van der Waals surface area (Å²) in [5, 5.41) is 4.23. The summed E-state index contributed by atoms with van der Waals surface area (Å²) in [6, 6.07) is 21.2. The van der Waals surface area contributed by atoms with Gasteiger partial charge < -0.3 is 15.0 Å². The number of aromatic nitrogens is 2. The maximum absolute atomic E-state index is 13.2. The van der Waals surface area contributed by atoms with Gasteiger partial charge in [0.2, 0.25) is 0 Å². The average molecular weight is 427 g/mol. The molecule has 4 rings (SSSR count). The van der Waals surface area contributed by atoms with Crippen molar-refractivity contribution in [1.82, 2.24) is 14.9 Å². The van der Waals surface area contributed by atoms with Crippen LogP contribution in [0.1, 0.15) is 29.9 Å². The largest absolute Gasteiger partial charge is 0.457 e. The summed E-state index contributed by atoms with van der Waals surface area (Å²) in [5.41, 5.74) is 3.55. The second-order valence-electron chi connectivity index (χ2n) is 7.41. The summed E-state index contributed by atoms with van der Waals surface area (Å²) in [4.78, 5) is 24.0. The number of fused-ring (bicyclic) bond motifs is 1. The van der Waals surface area contributed by atoms with E-state index in [0.717, 1.165) is 28.3 Å². The first-order valence-electron chi connectivity index (χ1n) is 10.7. The minimum Gasteiger partial charge on any atom is -0.457 e. The van der Waals surface area contributed by atoms with Crippen molar-refractivity contribution in [3.8, 4) is 11.5 Å². The third-order valence-electron chi connectivity index (χ3n) is 5.25. The van der Waals surface area contributed by atoms with Crippen LogP contribution in [0, 0.1) is 6.92 Å². The van der Waals surface area contributed by atoms with Gasteiger partial charge >= 0.3 is 0 Å². The number of para-hydroxylation sites is 1. The first kappa shape index (κ1) is 21.3. The van der Waals surface area contributed by atoms with Gasteiger partial charge in [0.1, 0.15) is 11.5 Å². The molecule has 6 nitrogen and oxygen atoms in total. The van der Waals surface area contributed by atoms with Gasteiger partial charge in [-0.2, -0.15) is 0 Å². The minimum atomic E-state index is -0.0588. The fourth-order valence-corrected chi connectivity index (χ4v) is 3.53. The number of anilines is 2. The standard InChI is InChI=1S/C26H26N4O2/c1-4-30(5-2)26(31)23-17-27-25-22(16-11-18(3)28-25)24(23)29-19-12-14-21(15-13-19)32-20-9-7-6-8-10-20/h6-17H,4-5H2,1-3H3,(H,27,28,29). The van der Waals surface area contributed by atoms with Crippen LogP contribution in [-0.2, 0) is 0 Å². The fourth-order valence-electron chi connectivity index (χ4n) is 3.53.